The van der Waals surface area contributed by atoms with Crippen molar-refractivity contribution < 1.29 is 9.21 Å². The second-order valence-corrected chi connectivity index (χ2v) is 7.50. The number of hydrogen-bond acceptors (Lipinski definition) is 3. The summed E-state index contributed by atoms with van der Waals surface area (Å²) in [5.41, 5.74) is 3.15. The van der Waals surface area contributed by atoms with Gasteiger partial charge < -0.3 is 14.3 Å². The summed E-state index contributed by atoms with van der Waals surface area (Å²) < 4.78 is 7.50. The SMILES string of the molecule is Cc1ccccc1NC(=O)c1c(CC(C)C)n(Cc2ccco2)c(C)cc1=O. The van der Waals surface area contributed by atoms with E-state index in [9.17, 15) is 9.59 Å². The highest BCUT2D eigenvalue weighted by molar-refractivity contribution is 6.05. The Balaban J connectivity index is 2.09. The Bertz CT molecular complexity index is 1030. The van der Waals surface area contributed by atoms with Crippen LogP contribution in [0.4, 0.5) is 5.69 Å². The maximum Gasteiger partial charge on any atom is 0.261 e. The molecule has 0 atom stereocenters. The van der Waals surface area contributed by atoms with Crippen LogP contribution in [0.15, 0.2) is 57.9 Å². The average molecular weight is 378 g/mol. The summed E-state index contributed by atoms with van der Waals surface area (Å²) in [5, 5.41) is 2.91. The van der Waals surface area contributed by atoms with Crippen LogP contribution in [0.25, 0.3) is 0 Å². The predicted octanol–water partition coefficient (Wildman–Crippen LogP) is 4.56. The van der Waals surface area contributed by atoms with E-state index in [2.05, 4.69) is 19.2 Å². The third-order valence-electron chi connectivity index (χ3n) is 4.74. The molecule has 0 bridgehead atoms. The zero-order valence-corrected chi connectivity index (χ0v) is 16.8. The van der Waals surface area contributed by atoms with Crippen LogP contribution in [0.2, 0.25) is 0 Å². The van der Waals surface area contributed by atoms with Crippen LogP contribution in [0.3, 0.4) is 0 Å². The van der Waals surface area contributed by atoms with Gasteiger partial charge in [-0.05, 0) is 49.9 Å². The maximum atomic E-state index is 13.1. The smallest absolute Gasteiger partial charge is 0.261 e. The molecule has 3 rings (SSSR count). The minimum atomic E-state index is -0.372. The van der Waals surface area contributed by atoms with Crippen LogP contribution in [0.5, 0.6) is 0 Å². The molecule has 0 fully saturated rings. The lowest BCUT2D eigenvalue weighted by atomic mass is 10.0. The number of amides is 1. The first-order valence-electron chi connectivity index (χ1n) is 9.49. The summed E-state index contributed by atoms with van der Waals surface area (Å²) >= 11 is 0. The van der Waals surface area contributed by atoms with Crippen molar-refractivity contribution in [2.75, 3.05) is 5.32 Å². The molecular weight excluding hydrogens is 352 g/mol. The van der Waals surface area contributed by atoms with E-state index in [1.807, 2.05) is 54.8 Å². The summed E-state index contributed by atoms with van der Waals surface area (Å²) in [6.07, 6.45) is 2.25. The van der Waals surface area contributed by atoms with E-state index < -0.39 is 0 Å². The third kappa shape index (κ3) is 4.25. The Morgan fingerprint density at radius 3 is 2.54 bits per heavy atom. The molecule has 0 spiro atoms. The Morgan fingerprint density at radius 2 is 1.89 bits per heavy atom. The van der Waals surface area contributed by atoms with Gasteiger partial charge in [-0.1, -0.05) is 32.0 Å². The van der Waals surface area contributed by atoms with Gasteiger partial charge >= 0.3 is 0 Å². The van der Waals surface area contributed by atoms with E-state index in [-0.39, 0.29) is 22.8 Å². The molecule has 0 saturated heterocycles. The van der Waals surface area contributed by atoms with Gasteiger partial charge in [0.25, 0.3) is 5.91 Å². The lowest BCUT2D eigenvalue weighted by Gasteiger charge is -2.21. The van der Waals surface area contributed by atoms with Gasteiger partial charge in [0.15, 0.2) is 5.43 Å². The van der Waals surface area contributed by atoms with Gasteiger partial charge in [-0.2, -0.15) is 0 Å². The van der Waals surface area contributed by atoms with Crippen molar-refractivity contribution >= 4 is 11.6 Å². The molecule has 2 heterocycles. The Morgan fingerprint density at radius 1 is 1.14 bits per heavy atom. The van der Waals surface area contributed by atoms with E-state index in [1.54, 1.807) is 6.26 Å². The number of nitrogens with zero attached hydrogens (tertiary/aromatic N) is 1. The first-order valence-corrected chi connectivity index (χ1v) is 9.49. The largest absolute Gasteiger partial charge is 0.467 e. The first-order chi connectivity index (χ1) is 13.4. The zero-order chi connectivity index (χ0) is 20.3. The van der Waals surface area contributed by atoms with Crippen LogP contribution < -0.4 is 10.7 Å². The predicted molar refractivity (Wildman–Crippen MR) is 111 cm³/mol. The van der Waals surface area contributed by atoms with Crippen molar-refractivity contribution in [3.05, 3.63) is 87.2 Å². The molecule has 2 aromatic heterocycles. The van der Waals surface area contributed by atoms with E-state index in [4.69, 9.17) is 4.42 Å². The van der Waals surface area contributed by atoms with Gasteiger partial charge in [-0.15, -0.1) is 0 Å². The number of benzene rings is 1. The Labute approximate surface area is 165 Å². The summed E-state index contributed by atoms with van der Waals surface area (Å²) in [7, 11) is 0. The fourth-order valence-electron chi connectivity index (χ4n) is 3.35. The minimum Gasteiger partial charge on any atom is -0.467 e. The topological polar surface area (TPSA) is 64.2 Å². The molecule has 146 valence electrons. The minimum absolute atomic E-state index is 0.203. The second-order valence-electron chi connectivity index (χ2n) is 7.50. The number of furan rings is 1. The van der Waals surface area contributed by atoms with Crippen LogP contribution in [0, 0.1) is 19.8 Å². The lowest BCUT2D eigenvalue weighted by molar-refractivity contribution is 0.102. The zero-order valence-electron chi connectivity index (χ0n) is 16.8. The number of pyridine rings is 1. The van der Waals surface area contributed by atoms with Crippen molar-refractivity contribution in [2.45, 2.75) is 40.7 Å². The molecule has 0 aliphatic rings. The molecule has 0 unspecified atom stereocenters. The maximum absolute atomic E-state index is 13.1. The molecule has 5 nitrogen and oxygen atoms in total. The molecule has 28 heavy (non-hydrogen) atoms. The van der Waals surface area contributed by atoms with Gasteiger partial charge in [0, 0.05) is 23.1 Å². The van der Waals surface area contributed by atoms with E-state index in [0.717, 1.165) is 22.7 Å². The molecule has 3 aromatic rings. The van der Waals surface area contributed by atoms with Crippen LogP contribution in [-0.2, 0) is 13.0 Å². The number of aryl methyl sites for hydroxylation is 2. The van der Waals surface area contributed by atoms with E-state index in [0.29, 0.717) is 18.7 Å². The molecular formula is C23H26N2O3. The Hall–Kier alpha value is -3.08. The molecule has 1 amide bonds. The van der Waals surface area contributed by atoms with Crippen LogP contribution in [-0.4, -0.2) is 10.5 Å². The van der Waals surface area contributed by atoms with E-state index in [1.165, 1.54) is 6.07 Å². The number of anilines is 1. The molecule has 1 aromatic carbocycles. The van der Waals surface area contributed by atoms with E-state index >= 15 is 0 Å². The third-order valence-corrected chi connectivity index (χ3v) is 4.74. The first kappa shape index (κ1) is 19.7. The van der Waals surface area contributed by atoms with Crippen LogP contribution >= 0.6 is 0 Å². The summed E-state index contributed by atoms with van der Waals surface area (Å²) in [6.45, 7) is 8.44. The van der Waals surface area contributed by atoms with Gasteiger partial charge in [0.2, 0.25) is 0 Å². The molecule has 5 heteroatoms. The number of aromatic nitrogens is 1. The highest BCUT2D eigenvalue weighted by Crippen LogP contribution is 2.19. The number of rotatable bonds is 6. The number of carbonyl (C=O) groups excluding carboxylic acids is 1. The standard InChI is InChI=1S/C23H26N2O3/c1-15(2)12-20-22(23(27)24-19-10-6-5-8-16(19)3)21(26)13-17(4)25(20)14-18-9-7-11-28-18/h5-11,13,15H,12,14H2,1-4H3,(H,24,27). The summed E-state index contributed by atoms with van der Waals surface area (Å²) in [6, 6.07) is 12.8. The molecule has 0 saturated carbocycles. The number of carbonyl (C=O) groups is 1. The highest BCUT2D eigenvalue weighted by atomic mass is 16.3. The number of hydrogen-bond donors (Lipinski definition) is 1. The van der Waals surface area contributed by atoms with Gasteiger partial charge in [-0.25, -0.2) is 0 Å². The quantitative estimate of drug-likeness (QED) is 0.684. The molecule has 0 aliphatic heterocycles. The summed E-state index contributed by atoms with van der Waals surface area (Å²) in [5.74, 6) is 0.694. The van der Waals surface area contributed by atoms with Crippen molar-refractivity contribution in [3.8, 4) is 0 Å². The summed E-state index contributed by atoms with van der Waals surface area (Å²) in [4.78, 5) is 25.9. The fraction of sp³-hybridized carbons (Fsp3) is 0.304. The number of nitrogens with one attached hydrogen (secondary N) is 1. The van der Waals surface area contributed by atoms with Gasteiger partial charge in [0.1, 0.15) is 11.3 Å². The van der Waals surface area contributed by atoms with Gasteiger partial charge in [0.05, 0.1) is 12.8 Å². The number of para-hydroxylation sites is 1. The van der Waals surface area contributed by atoms with Crippen molar-refractivity contribution in [3.63, 3.8) is 0 Å². The lowest BCUT2D eigenvalue weighted by Crippen LogP contribution is -2.29. The van der Waals surface area contributed by atoms with Crippen LogP contribution in [0.1, 0.15) is 46.9 Å². The average Bonchev–Trinajstić information content (AvgIpc) is 3.13. The highest BCUT2D eigenvalue weighted by Gasteiger charge is 2.22. The molecule has 0 aliphatic carbocycles. The molecule has 1 N–H and O–H groups in total. The Kier molecular flexibility index (Phi) is 5.83. The van der Waals surface area contributed by atoms with Crippen molar-refractivity contribution in [2.24, 2.45) is 5.92 Å². The van der Waals surface area contributed by atoms with Gasteiger partial charge in [-0.3, -0.25) is 9.59 Å². The second kappa shape index (κ2) is 8.30. The van der Waals surface area contributed by atoms with Crippen molar-refractivity contribution in [1.82, 2.24) is 4.57 Å². The fourth-order valence-corrected chi connectivity index (χ4v) is 3.35. The monoisotopic (exact) mass is 378 g/mol. The van der Waals surface area contributed by atoms with Crippen molar-refractivity contribution in [1.29, 1.82) is 0 Å². The molecule has 0 radical (unpaired) electrons. The normalized spacial score (nSPS) is 11.0.